The van der Waals surface area contributed by atoms with Gasteiger partial charge in [-0.2, -0.15) is 0 Å². The van der Waals surface area contributed by atoms with Gasteiger partial charge >= 0.3 is 0 Å². The molecule has 0 amide bonds. The maximum absolute atomic E-state index is 13.7. The van der Waals surface area contributed by atoms with E-state index < -0.39 is 0 Å². The van der Waals surface area contributed by atoms with Crippen LogP contribution in [0.3, 0.4) is 0 Å². The number of benzene rings is 1. The number of ketones is 1. The molecule has 0 saturated heterocycles. The standard InChI is InChI=1S/C28H36O2/c1-17-7-9-19-18(15-17)8-10-21-20(19)13-14-28(2)24(21)11-12-25(28)27(29)23-16-30-26-6-4-3-5-22(23)26/h3-6,16-21,24-25H,7-15H2,1-2H3. The monoisotopic (exact) mass is 404 g/mol. The van der Waals surface area contributed by atoms with E-state index in [9.17, 15) is 4.79 Å². The highest BCUT2D eigenvalue weighted by Crippen LogP contribution is 2.64. The molecule has 0 radical (unpaired) electrons. The third-order valence-corrected chi connectivity index (χ3v) is 10.3. The summed E-state index contributed by atoms with van der Waals surface area (Å²) in [6.45, 7) is 4.94. The van der Waals surface area contributed by atoms with Gasteiger partial charge < -0.3 is 4.42 Å². The molecule has 4 aliphatic carbocycles. The lowest BCUT2D eigenvalue weighted by Gasteiger charge is -2.56. The van der Waals surface area contributed by atoms with Crippen LogP contribution in [0.1, 0.15) is 82.0 Å². The quantitative estimate of drug-likeness (QED) is 0.484. The van der Waals surface area contributed by atoms with Crippen molar-refractivity contribution >= 4 is 16.8 Å². The van der Waals surface area contributed by atoms with E-state index in [0.29, 0.717) is 5.78 Å². The molecule has 1 aromatic heterocycles. The molecule has 0 bridgehead atoms. The molecule has 2 aromatic rings. The van der Waals surface area contributed by atoms with Crippen molar-refractivity contribution in [1.82, 2.24) is 0 Å². The van der Waals surface area contributed by atoms with Crippen LogP contribution in [0.25, 0.3) is 11.0 Å². The van der Waals surface area contributed by atoms with Crippen LogP contribution in [-0.2, 0) is 0 Å². The maximum atomic E-state index is 13.7. The molecule has 2 nitrogen and oxygen atoms in total. The lowest BCUT2D eigenvalue weighted by Crippen LogP contribution is -2.49. The zero-order chi connectivity index (χ0) is 20.5. The SMILES string of the molecule is CC1CCC2C(CCC3C2CCC2(C)C(C(=O)c4coc5ccccc45)CCC32)C1. The number of hydrogen-bond donors (Lipinski definition) is 0. The third kappa shape index (κ3) is 2.71. The molecule has 160 valence electrons. The summed E-state index contributed by atoms with van der Waals surface area (Å²) in [6.07, 6.45) is 14.0. The molecule has 30 heavy (non-hydrogen) atoms. The second-order valence-corrected chi connectivity index (χ2v) is 11.5. The summed E-state index contributed by atoms with van der Waals surface area (Å²) in [6, 6.07) is 8.02. The molecule has 8 unspecified atom stereocenters. The molecule has 2 heteroatoms. The Kier molecular flexibility index (Phi) is 4.45. The van der Waals surface area contributed by atoms with Gasteiger partial charge in [0, 0.05) is 11.3 Å². The molecule has 0 aliphatic heterocycles. The molecule has 4 saturated carbocycles. The number of rotatable bonds is 2. The highest BCUT2D eigenvalue weighted by Gasteiger charge is 2.58. The smallest absolute Gasteiger partial charge is 0.170 e. The van der Waals surface area contributed by atoms with E-state index in [1.807, 2.05) is 24.3 Å². The topological polar surface area (TPSA) is 30.2 Å². The van der Waals surface area contributed by atoms with Gasteiger partial charge in [0.25, 0.3) is 0 Å². The summed E-state index contributed by atoms with van der Waals surface area (Å²) in [7, 11) is 0. The van der Waals surface area contributed by atoms with E-state index in [0.717, 1.165) is 58.5 Å². The number of carbonyl (C=O) groups is 1. The van der Waals surface area contributed by atoms with Crippen LogP contribution in [0, 0.1) is 46.8 Å². The first kappa shape index (κ1) is 19.1. The van der Waals surface area contributed by atoms with E-state index in [4.69, 9.17) is 4.42 Å². The lowest BCUT2D eigenvalue weighted by molar-refractivity contribution is -0.0634. The van der Waals surface area contributed by atoms with Crippen molar-refractivity contribution in [3.8, 4) is 0 Å². The zero-order valence-corrected chi connectivity index (χ0v) is 18.6. The minimum atomic E-state index is 0.175. The maximum Gasteiger partial charge on any atom is 0.170 e. The lowest BCUT2D eigenvalue weighted by atomic mass is 9.49. The van der Waals surface area contributed by atoms with Crippen LogP contribution >= 0.6 is 0 Å². The van der Waals surface area contributed by atoms with E-state index in [1.54, 1.807) is 6.26 Å². The van der Waals surface area contributed by atoms with Gasteiger partial charge in [0.1, 0.15) is 11.8 Å². The van der Waals surface area contributed by atoms with Crippen molar-refractivity contribution in [2.24, 2.45) is 46.8 Å². The molecule has 4 aliphatic rings. The number of furan rings is 1. The normalized spacial score (nSPS) is 43.1. The first-order chi connectivity index (χ1) is 14.6. The Morgan fingerprint density at radius 1 is 0.967 bits per heavy atom. The van der Waals surface area contributed by atoms with Crippen LogP contribution in [0.2, 0.25) is 0 Å². The molecule has 0 N–H and O–H groups in total. The molecule has 0 spiro atoms. The van der Waals surface area contributed by atoms with Gasteiger partial charge in [0.15, 0.2) is 5.78 Å². The van der Waals surface area contributed by atoms with Crippen molar-refractivity contribution in [3.63, 3.8) is 0 Å². The summed E-state index contributed by atoms with van der Waals surface area (Å²) >= 11 is 0. The highest BCUT2D eigenvalue weighted by molar-refractivity contribution is 6.08. The summed E-state index contributed by atoms with van der Waals surface area (Å²) in [5.74, 6) is 6.01. The predicted octanol–water partition coefficient (Wildman–Crippen LogP) is 7.52. The van der Waals surface area contributed by atoms with Gasteiger partial charge in [0.2, 0.25) is 0 Å². The molecule has 6 rings (SSSR count). The minimum Gasteiger partial charge on any atom is -0.464 e. The fourth-order valence-corrected chi connectivity index (χ4v) is 8.87. The van der Waals surface area contributed by atoms with Gasteiger partial charge in [0.05, 0.1) is 5.56 Å². The Labute approximate surface area is 180 Å². The van der Waals surface area contributed by atoms with Gasteiger partial charge in [-0.1, -0.05) is 38.5 Å². The number of fused-ring (bicyclic) bond motifs is 6. The Bertz CT molecular complexity index is 956. The number of carbonyl (C=O) groups excluding carboxylic acids is 1. The van der Waals surface area contributed by atoms with Crippen LogP contribution in [0.15, 0.2) is 34.9 Å². The van der Waals surface area contributed by atoms with E-state index in [-0.39, 0.29) is 11.3 Å². The molecule has 1 heterocycles. The summed E-state index contributed by atoms with van der Waals surface area (Å²) in [4.78, 5) is 13.7. The molecular weight excluding hydrogens is 368 g/mol. The van der Waals surface area contributed by atoms with Gasteiger partial charge in [-0.3, -0.25) is 4.79 Å². The average molecular weight is 405 g/mol. The van der Waals surface area contributed by atoms with Crippen molar-refractivity contribution in [1.29, 1.82) is 0 Å². The number of hydrogen-bond acceptors (Lipinski definition) is 2. The molecule has 8 atom stereocenters. The molecule has 4 fully saturated rings. The van der Waals surface area contributed by atoms with E-state index in [2.05, 4.69) is 13.8 Å². The predicted molar refractivity (Wildman–Crippen MR) is 120 cm³/mol. The Balaban J connectivity index is 1.27. The average Bonchev–Trinajstić information content (AvgIpc) is 3.34. The Morgan fingerprint density at radius 3 is 2.70 bits per heavy atom. The molecular formula is C28H36O2. The van der Waals surface area contributed by atoms with Crippen molar-refractivity contribution < 1.29 is 9.21 Å². The summed E-state index contributed by atoms with van der Waals surface area (Å²) < 4.78 is 5.73. The molecule has 1 aromatic carbocycles. The second kappa shape index (κ2) is 6.97. The minimum absolute atomic E-state index is 0.175. The van der Waals surface area contributed by atoms with E-state index >= 15 is 0 Å². The van der Waals surface area contributed by atoms with Gasteiger partial charge in [-0.05, 0) is 98.4 Å². The Morgan fingerprint density at radius 2 is 1.80 bits per heavy atom. The largest absolute Gasteiger partial charge is 0.464 e. The summed E-state index contributed by atoms with van der Waals surface area (Å²) in [5, 5.41) is 1.00. The van der Waals surface area contributed by atoms with Crippen LogP contribution in [-0.4, -0.2) is 5.78 Å². The highest BCUT2D eigenvalue weighted by atomic mass is 16.3. The Hall–Kier alpha value is -1.57. The van der Waals surface area contributed by atoms with Gasteiger partial charge in [-0.15, -0.1) is 0 Å². The number of Topliss-reactive ketones (excluding diaryl/α,β-unsaturated/α-hetero) is 1. The van der Waals surface area contributed by atoms with Gasteiger partial charge in [-0.25, -0.2) is 0 Å². The summed E-state index contributed by atoms with van der Waals surface area (Å²) in [5.41, 5.74) is 1.85. The first-order valence-electron chi connectivity index (χ1n) is 12.6. The fourth-order valence-electron chi connectivity index (χ4n) is 8.87. The van der Waals surface area contributed by atoms with Crippen LogP contribution in [0.5, 0.6) is 0 Å². The fraction of sp³-hybridized carbons (Fsp3) is 0.679. The zero-order valence-electron chi connectivity index (χ0n) is 18.6. The second-order valence-electron chi connectivity index (χ2n) is 11.5. The first-order valence-corrected chi connectivity index (χ1v) is 12.6. The van der Waals surface area contributed by atoms with E-state index in [1.165, 1.54) is 51.4 Å². The van der Waals surface area contributed by atoms with Crippen molar-refractivity contribution in [2.45, 2.75) is 71.6 Å². The van der Waals surface area contributed by atoms with Crippen molar-refractivity contribution in [2.75, 3.05) is 0 Å². The van der Waals surface area contributed by atoms with Crippen LogP contribution < -0.4 is 0 Å². The van der Waals surface area contributed by atoms with Crippen molar-refractivity contribution in [3.05, 3.63) is 36.1 Å². The number of para-hydroxylation sites is 1. The van der Waals surface area contributed by atoms with Crippen LogP contribution in [0.4, 0.5) is 0 Å². The third-order valence-electron chi connectivity index (χ3n) is 10.3.